The number of thioether (sulfide) groups is 1. The maximum atomic E-state index is 12.3. The van der Waals surface area contributed by atoms with Gasteiger partial charge in [0.05, 0.1) is 13.2 Å². The molecule has 0 aromatic heterocycles. The Bertz CT molecular complexity index is 733. The Morgan fingerprint density at radius 2 is 1.89 bits per heavy atom. The quantitative estimate of drug-likeness (QED) is 0.679. The first kappa shape index (κ1) is 20.2. The van der Waals surface area contributed by atoms with E-state index >= 15 is 0 Å². The molecule has 1 heterocycles. The van der Waals surface area contributed by atoms with Crippen LogP contribution >= 0.6 is 23.4 Å². The number of nitrogens with one attached hydrogen (secondary N) is 1. The molecule has 2 aromatic rings. The molecule has 0 radical (unpaired) electrons. The summed E-state index contributed by atoms with van der Waals surface area (Å²) >= 11 is 7.77. The highest BCUT2D eigenvalue weighted by molar-refractivity contribution is 7.98. The van der Waals surface area contributed by atoms with Gasteiger partial charge in [-0.2, -0.15) is 11.8 Å². The van der Waals surface area contributed by atoms with E-state index in [-0.39, 0.29) is 5.91 Å². The Kier molecular flexibility index (Phi) is 8.02. The van der Waals surface area contributed by atoms with Gasteiger partial charge in [0, 0.05) is 48.3 Å². The first-order valence-electron chi connectivity index (χ1n) is 9.20. The van der Waals surface area contributed by atoms with E-state index in [1.807, 2.05) is 42.5 Å². The summed E-state index contributed by atoms with van der Waals surface area (Å²) in [4.78, 5) is 14.6. The second kappa shape index (κ2) is 10.7. The van der Waals surface area contributed by atoms with Crippen LogP contribution in [-0.4, -0.2) is 49.4 Å². The van der Waals surface area contributed by atoms with Crippen molar-refractivity contribution in [1.82, 2.24) is 10.2 Å². The van der Waals surface area contributed by atoms with Gasteiger partial charge < -0.3 is 10.1 Å². The van der Waals surface area contributed by atoms with Crippen molar-refractivity contribution in [2.24, 2.45) is 0 Å². The maximum absolute atomic E-state index is 12.3. The number of hydrogen-bond acceptors (Lipinski definition) is 4. The minimum atomic E-state index is -0.0173. The van der Waals surface area contributed by atoms with Crippen LogP contribution in [0, 0.1) is 0 Å². The fraction of sp³-hybridized carbons (Fsp3) is 0.381. The molecule has 1 aliphatic heterocycles. The molecule has 0 unspecified atom stereocenters. The van der Waals surface area contributed by atoms with Gasteiger partial charge in [-0.3, -0.25) is 9.69 Å². The minimum Gasteiger partial charge on any atom is -0.379 e. The van der Waals surface area contributed by atoms with Gasteiger partial charge in [-0.1, -0.05) is 35.9 Å². The summed E-state index contributed by atoms with van der Waals surface area (Å²) in [6.07, 6.45) is 0. The number of hydrogen-bond donors (Lipinski definition) is 1. The van der Waals surface area contributed by atoms with Crippen molar-refractivity contribution in [3.8, 4) is 0 Å². The number of rotatable bonds is 8. The van der Waals surface area contributed by atoms with Crippen molar-refractivity contribution >= 4 is 29.3 Å². The molecule has 0 spiro atoms. The van der Waals surface area contributed by atoms with Crippen LogP contribution in [0.5, 0.6) is 0 Å². The lowest BCUT2D eigenvalue weighted by atomic mass is 10.1. The molecule has 1 fully saturated rings. The number of carbonyl (C=O) groups excluding carboxylic acids is 1. The molecule has 0 aliphatic carbocycles. The molecule has 0 atom stereocenters. The first-order valence-corrected chi connectivity index (χ1v) is 10.7. The molecule has 1 aliphatic rings. The third-order valence-electron chi connectivity index (χ3n) is 4.42. The van der Waals surface area contributed by atoms with Crippen LogP contribution in [0.2, 0.25) is 5.02 Å². The lowest BCUT2D eigenvalue weighted by molar-refractivity contribution is 0.0342. The molecule has 144 valence electrons. The molecule has 1 N–H and O–H groups in total. The van der Waals surface area contributed by atoms with E-state index in [9.17, 15) is 4.79 Å². The predicted molar refractivity (Wildman–Crippen MR) is 112 cm³/mol. The zero-order valence-electron chi connectivity index (χ0n) is 15.3. The lowest BCUT2D eigenvalue weighted by Gasteiger charge is -2.26. The highest BCUT2D eigenvalue weighted by atomic mass is 35.5. The van der Waals surface area contributed by atoms with E-state index in [2.05, 4.69) is 16.3 Å². The number of amides is 1. The number of benzene rings is 2. The Balaban J connectivity index is 1.36. The first-order chi connectivity index (χ1) is 13.2. The summed E-state index contributed by atoms with van der Waals surface area (Å²) in [5.41, 5.74) is 3.14. The van der Waals surface area contributed by atoms with Gasteiger partial charge in [0.25, 0.3) is 5.91 Å². The Morgan fingerprint density at radius 1 is 1.11 bits per heavy atom. The monoisotopic (exact) mass is 404 g/mol. The Labute approximate surface area is 170 Å². The zero-order valence-corrected chi connectivity index (χ0v) is 16.9. The van der Waals surface area contributed by atoms with E-state index < -0.39 is 0 Å². The van der Waals surface area contributed by atoms with Crippen molar-refractivity contribution in [2.45, 2.75) is 12.3 Å². The molecule has 1 saturated heterocycles. The van der Waals surface area contributed by atoms with Crippen LogP contribution in [0.3, 0.4) is 0 Å². The second-order valence-corrected chi connectivity index (χ2v) is 8.07. The highest BCUT2D eigenvalue weighted by Crippen LogP contribution is 2.16. The molecule has 6 heteroatoms. The standard InChI is InChI=1S/C21H25ClN2O2S/c22-20-3-1-2-18(14-20)16-27-13-8-23-21(25)19-6-4-17(5-7-19)15-24-9-11-26-12-10-24/h1-7,14H,8-13,15-16H2,(H,23,25). The summed E-state index contributed by atoms with van der Waals surface area (Å²) in [7, 11) is 0. The molecule has 3 rings (SSSR count). The normalized spacial score (nSPS) is 14.9. The van der Waals surface area contributed by atoms with Crippen molar-refractivity contribution in [1.29, 1.82) is 0 Å². The number of nitrogens with zero attached hydrogens (tertiary/aromatic N) is 1. The largest absolute Gasteiger partial charge is 0.379 e. The lowest BCUT2D eigenvalue weighted by Crippen LogP contribution is -2.35. The van der Waals surface area contributed by atoms with Crippen LogP contribution in [0.1, 0.15) is 21.5 Å². The number of morpholine rings is 1. The fourth-order valence-corrected chi connectivity index (χ4v) is 3.95. The van der Waals surface area contributed by atoms with Gasteiger partial charge in [0.15, 0.2) is 0 Å². The van der Waals surface area contributed by atoms with Crippen molar-refractivity contribution in [3.05, 3.63) is 70.2 Å². The van der Waals surface area contributed by atoms with Crippen LogP contribution in [0.25, 0.3) is 0 Å². The fourth-order valence-electron chi connectivity index (χ4n) is 2.93. The van der Waals surface area contributed by atoms with Crippen molar-refractivity contribution < 1.29 is 9.53 Å². The van der Waals surface area contributed by atoms with Gasteiger partial charge in [0.1, 0.15) is 0 Å². The molecule has 2 aromatic carbocycles. The Morgan fingerprint density at radius 3 is 2.63 bits per heavy atom. The third-order valence-corrected chi connectivity index (χ3v) is 5.68. The van der Waals surface area contributed by atoms with Gasteiger partial charge in [-0.05, 0) is 35.4 Å². The topological polar surface area (TPSA) is 41.6 Å². The van der Waals surface area contributed by atoms with E-state index in [0.29, 0.717) is 12.1 Å². The second-order valence-electron chi connectivity index (χ2n) is 6.52. The van der Waals surface area contributed by atoms with Crippen LogP contribution in [0.4, 0.5) is 0 Å². The molecule has 0 saturated carbocycles. The van der Waals surface area contributed by atoms with E-state index in [0.717, 1.165) is 49.4 Å². The molecule has 0 bridgehead atoms. The van der Waals surface area contributed by atoms with Crippen molar-refractivity contribution in [3.63, 3.8) is 0 Å². The van der Waals surface area contributed by atoms with Gasteiger partial charge in [-0.25, -0.2) is 0 Å². The SMILES string of the molecule is O=C(NCCSCc1cccc(Cl)c1)c1ccc(CN2CCOCC2)cc1. The van der Waals surface area contributed by atoms with E-state index in [1.165, 1.54) is 11.1 Å². The number of halogens is 1. The molecular weight excluding hydrogens is 380 g/mol. The highest BCUT2D eigenvalue weighted by Gasteiger charge is 2.11. The smallest absolute Gasteiger partial charge is 0.251 e. The van der Waals surface area contributed by atoms with E-state index in [1.54, 1.807) is 11.8 Å². The molecular formula is C21H25ClN2O2S. The van der Waals surface area contributed by atoms with Crippen LogP contribution < -0.4 is 5.32 Å². The Hall–Kier alpha value is -1.53. The maximum Gasteiger partial charge on any atom is 0.251 e. The molecule has 27 heavy (non-hydrogen) atoms. The molecule has 4 nitrogen and oxygen atoms in total. The van der Waals surface area contributed by atoms with Gasteiger partial charge in [-0.15, -0.1) is 0 Å². The van der Waals surface area contributed by atoms with Crippen LogP contribution in [0.15, 0.2) is 48.5 Å². The van der Waals surface area contributed by atoms with Crippen LogP contribution in [-0.2, 0) is 17.0 Å². The summed E-state index contributed by atoms with van der Waals surface area (Å²) in [5.74, 6) is 1.75. The zero-order chi connectivity index (χ0) is 18.9. The summed E-state index contributed by atoms with van der Waals surface area (Å²) in [5, 5.41) is 3.75. The third kappa shape index (κ3) is 6.85. The summed E-state index contributed by atoms with van der Waals surface area (Å²) in [6, 6.07) is 15.8. The molecule has 1 amide bonds. The number of ether oxygens (including phenoxy) is 1. The van der Waals surface area contributed by atoms with Gasteiger partial charge in [0.2, 0.25) is 0 Å². The van der Waals surface area contributed by atoms with E-state index in [4.69, 9.17) is 16.3 Å². The van der Waals surface area contributed by atoms with Gasteiger partial charge >= 0.3 is 0 Å². The number of carbonyl (C=O) groups is 1. The summed E-state index contributed by atoms with van der Waals surface area (Å²) < 4.78 is 5.37. The average molecular weight is 405 g/mol. The summed E-state index contributed by atoms with van der Waals surface area (Å²) in [6.45, 7) is 5.10. The minimum absolute atomic E-state index is 0.0173. The van der Waals surface area contributed by atoms with Crippen molar-refractivity contribution in [2.75, 3.05) is 38.6 Å². The average Bonchev–Trinajstić information content (AvgIpc) is 2.69. The predicted octanol–water partition coefficient (Wildman–Crippen LogP) is 3.84.